The highest BCUT2D eigenvalue weighted by atomic mass is 19.1. The molecular formula is C29H27F2N7. The first-order chi connectivity index (χ1) is 18.4. The number of pyridine rings is 2. The molecule has 4 heterocycles. The quantitative estimate of drug-likeness (QED) is 0.280. The summed E-state index contributed by atoms with van der Waals surface area (Å²) in [5.41, 5.74) is 4.06. The van der Waals surface area contributed by atoms with Gasteiger partial charge in [0, 0.05) is 35.6 Å². The number of fused-ring (bicyclic) bond motifs is 1. The van der Waals surface area contributed by atoms with Crippen LogP contribution in [0.5, 0.6) is 0 Å². The van der Waals surface area contributed by atoms with Crippen LogP contribution in [0.2, 0.25) is 0 Å². The van der Waals surface area contributed by atoms with Crippen molar-refractivity contribution in [2.45, 2.75) is 26.3 Å². The zero-order valence-corrected chi connectivity index (χ0v) is 21.1. The van der Waals surface area contributed by atoms with Gasteiger partial charge in [-0.25, -0.2) is 14.4 Å². The minimum atomic E-state index is -0.765. The van der Waals surface area contributed by atoms with Crippen molar-refractivity contribution < 1.29 is 8.78 Å². The lowest BCUT2D eigenvalue weighted by atomic mass is 9.80. The molecule has 1 atom stereocenters. The number of halogens is 2. The van der Waals surface area contributed by atoms with Gasteiger partial charge in [0.2, 0.25) is 5.95 Å². The van der Waals surface area contributed by atoms with E-state index in [9.17, 15) is 8.78 Å². The molecule has 1 aliphatic carbocycles. The smallest absolute Gasteiger partial charge is 0.214 e. The summed E-state index contributed by atoms with van der Waals surface area (Å²) in [4.78, 5) is 18.0. The minimum Gasteiger partial charge on any atom is -0.366 e. The summed E-state index contributed by atoms with van der Waals surface area (Å²) in [6.45, 7) is 6.32. The fourth-order valence-electron chi connectivity index (χ4n) is 4.89. The topological polar surface area (TPSA) is 87.7 Å². The van der Waals surface area contributed by atoms with Crippen molar-refractivity contribution in [3.63, 3.8) is 0 Å². The lowest BCUT2D eigenvalue weighted by Gasteiger charge is -2.40. The fourth-order valence-corrected chi connectivity index (χ4v) is 4.89. The Kier molecular flexibility index (Phi) is 6.07. The molecule has 1 aromatic carbocycles. The lowest BCUT2D eigenvalue weighted by molar-refractivity contribution is 0.236. The molecule has 0 spiro atoms. The Hall–Kier alpha value is -4.24. The third-order valence-electron chi connectivity index (χ3n) is 7.11. The number of rotatable bonds is 6. The molecule has 192 valence electrons. The van der Waals surface area contributed by atoms with E-state index in [2.05, 4.69) is 51.9 Å². The van der Waals surface area contributed by atoms with Crippen LogP contribution in [-0.4, -0.2) is 39.1 Å². The van der Waals surface area contributed by atoms with Crippen LogP contribution >= 0.6 is 0 Å². The number of nitrogens with one attached hydrogen (secondary N) is 3. The first-order valence-electron chi connectivity index (χ1n) is 12.6. The van der Waals surface area contributed by atoms with Gasteiger partial charge >= 0.3 is 0 Å². The Morgan fingerprint density at radius 3 is 2.68 bits per heavy atom. The summed E-state index contributed by atoms with van der Waals surface area (Å²) in [6, 6.07) is 9.46. The van der Waals surface area contributed by atoms with Crippen molar-refractivity contribution in [3.8, 4) is 11.4 Å². The second kappa shape index (κ2) is 9.57. The first-order valence-corrected chi connectivity index (χ1v) is 12.6. The van der Waals surface area contributed by atoms with Crippen LogP contribution in [0.25, 0.3) is 27.9 Å². The molecule has 0 bridgehead atoms. The van der Waals surface area contributed by atoms with E-state index in [1.165, 1.54) is 0 Å². The molecule has 3 N–H and O–H groups in total. The van der Waals surface area contributed by atoms with Gasteiger partial charge in [0.25, 0.3) is 0 Å². The largest absolute Gasteiger partial charge is 0.366 e. The number of anilines is 3. The number of allylic oxidation sites excluding steroid dienone is 4. The molecule has 38 heavy (non-hydrogen) atoms. The number of hydrogen-bond acceptors (Lipinski definition) is 7. The highest BCUT2D eigenvalue weighted by Crippen LogP contribution is 2.36. The van der Waals surface area contributed by atoms with Crippen molar-refractivity contribution in [3.05, 3.63) is 84.3 Å². The molecule has 2 aliphatic rings. The number of nitrogens with zero attached hydrogens (tertiary/aromatic N) is 4. The molecule has 7 nitrogen and oxygen atoms in total. The zero-order chi connectivity index (χ0) is 26.3. The molecule has 1 fully saturated rings. The number of hydrogen-bond donors (Lipinski definition) is 3. The highest BCUT2D eigenvalue weighted by molar-refractivity contribution is 6.02. The Bertz CT molecular complexity index is 1600. The Morgan fingerprint density at radius 1 is 1.03 bits per heavy atom. The predicted molar refractivity (Wildman–Crippen MR) is 146 cm³/mol. The second-order valence-corrected chi connectivity index (χ2v) is 10.3. The standard InChI is InChI=1S/C29H27F2N7/c1-29(2)16-32-12-11-23(29)36-28-25-20(17-5-3-6-17)14-33-15-22(25)35-26(38-28)18-7-4-8-19(13-18)34-27-21(30)9-10-24(31)37-27/h3-10,13-15,23,32H,11-12,16H2,1-2H3,(H,34,37)(H,35,36,38)/t23-/m0/s1. The molecule has 9 heteroatoms. The van der Waals surface area contributed by atoms with Crippen LogP contribution in [0, 0.1) is 17.2 Å². The average molecular weight is 512 g/mol. The van der Waals surface area contributed by atoms with Gasteiger partial charge in [0.15, 0.2) is 17.5 Å². The molecule has 3 aromatic heterocycles. The minimum absolute atomic E-state index is 0.0182. The van der Waals surface area contributed by atoms with Crippen molar-refractivity contribution in [2.24, 2.45) is 5.41 Å². The summed E-state index contributed by atoms with van der Waals surface area (Å²) in [6.07, 6.45) is 10.7. The third kappa shape index (κ3) is 4.61. The SMILES string of the molecule is CC1(C)CNCC[C@@H]1Nc1nc(-c2cccc(Nc3nc(F)ccc3F)c2)nc2cncc(C3=CC=C3)c12. The van der Waals surface area contributed by atoms with Gasteiger partial charge in [0.05, 0.1) is 17.1 Å². The van der Waals surface area contributed by atoms with Crippen molar-refractivity contribution in [1.82, 2.24) is 25.3 Å². The van der Waals surface area contributed by atoms with E-state index >= 15 is 0 Å². The Balaban J connectivity index is 1.43. The van der Waals surface area contributed by atoms with E-state index in [-0.39, 0.29) is 17.3 Å². The molecule has 1 saturated heterocycles. The van der Waals surface area contributed by atoms with Crippen LogP contribution < -0.4 is 16.0 Å². The van der Waals surface area contributed by atoms with Crippen LogP contribution in [-0.2, 0) is 0 Å². The summed E-state index contributed by atoms with van der Waals surface area (Å²) < 4.78 is 27.8. The van der Waals surface area contributed by atoms with Crippen molar-refractivity contribution >= 4 is 33.8 Å². The molecule has 1 aliphatic heterocycles. The first kappa shape index (κ1) is 24.1. The maximum absolute atomic E-state index is 14.2. The number of piperidine rings is 1. The van der Waals surface area contributed by atoms with E-state index < -0.39 is 11.8 Å². The van der Waals surface area contributed by atoms with Gasteiger partial charge in [0.1, 0.15) is 5.82 Å². The highest BCUT2D eigenvalue weighted by Gasteiger charge is 2.33. The van der Waals surface area contributed by atoms with E-state index in [1.54, 1.807) is 18.3 Å². The Labute approximate surface area is 219 Å². The normalized spacial score (nSPS) is 18.1. The van der Waals surface area contributed by atoms with Gasteiger partial charge in [-0.05, 0) is 48.2 Å². The average Bonchev–Trinajstić information content (AvgIpc) is 2.86. The molecular weight excluding hydrogens is 484 g/mol. The third-order valence-corrected chi connectivity index (χ3v) is 7.11. The summed E-state index contributed by atoms with van der Waals surface area (Å²) in [7, 11) is 0. The summed E-state index contributed by atoms with van der Waals surface area (Å²) in [5.74, 6) is -0.348. The summed E-state index contributed by atoms with van der Waals surface area (Å²) in [5, 5.41) is 11.0. The second-order valence-electron chi connectivity index (χ2n) is 10.3. The molecule has 0 amide bonds. The zero-order valence-electron chi connectivity index (χ0n) is 21.1. The Morgan fingerprint density at radius 2 is 1.89 bits per heavy atom. The van der Waals surface area contributed by atoms with Crippen molar-refractivity contribution in [2.75, 3.05) is 23.7 Å². The van der Waals surface area contributed by atoms with Gasteiger partial charge in [-0.2, -0.15) is 9.37 Å². The number of benzene rings is 1. The molecule has 0 unspecified atom stereocenters. The van der Waals surface area contributed by atoms with E-state index in [0.717, 1.165) is 65.1 Å². The summed E-state index contributed by atoms with van der Waals surface area (Å²) >= 11 is 0. The van der Waals surface area contributed by atoms with Crippen LogP contribution in [0.3, 0.4) is 0 Å². The molecule has 4 aromatic rings. The van der Waals surface area contributed by atoms with Gasteiger partial charge in [-0.3, -0.25) is 4.98 Å². The van der Waals surface area contributed by atoms with Gasteiger partial charge in [-0.15, -0.1) is 0 Å². The van der Waals surface area contributed by atoms with E-state index in [1.807, 2.05) is 24.4 Å². The van der Waals surface area contributed by atoms with Crippen molar-refractivity contribution in [1.29, 1.82) is 0 Å². The fraction of sp³-hybridized carbons (Fsp3) is 0.241. The molecule has 0 radical (unpaired) electrons. The molecule has 0 saturated carbocycles. The van der Waals surface area contributed by atoms with E-state index in [0.29, 0.717) is 11.5 Å². The predicted octanol–water partition coefficient (Wildman–Crippen LogP) is 5.86. The monoisotopic (exact) mass is 511 g/mol. The van der Waals surface area contributed by atoms with Gasteiger partial charge < -0.3 is 16.0 Å². The van der Waals surface area contributed by atoms with Crippen LogP contribution in [0.15, 0.2) is 67.0 Å². The van der Waals surface area contributed by atoms with Crippen LogP contribution in [0.1, 0.15) is 25.8 Å². The lowest BCUT2D eigenvalue weighted by Crippen LogP contribution is -2.49. The number of aromatic nitrogens is 4. The van der Waals surface area contributed by atoms with E-state index in [4.69, 9.17) is 9.97 Å². The maximum atomic E-state index is 14.2. The van der Waals surface area contributed by atoms with Crippen LogP contribution in [0.4, 0.5) is 26.1 Å². The molecule has 6 rings (SSSR count). The van der Waals surface area contributed by atoms with Gasteiger partial charge in [-0.1, -0.05) is 44.2 Å². The maximum Gasteiger partial charge on any atom is 0.214 e.